The van der Waals surface area contributed by atoms with Crippen LogP contribution in [0.25, 0.3) is 22.3 Å². The fraction of sp³-hybridized carbons (Fsp3) is 0.400. The zero-order valence-electron chi connectivity index (χ0n) is 27.7. The van der Waals surface area contributed by atoms with E-state index in [1.165, 1.54) is 44.5 Å². The van der Waals surface area contributed by atoms with E-state index >= 15 is 0 Å². The molecule has 0 saturated heterocycles. The van der Waals surface area contributed by atoms with E-state index < -0.39 is 0 Å². The third-order valence-electron chi connectivity index (χ3n) is 7.67. The number of rotatable bonds is 2. The van der Waals surface area contributed by atoms with Crippen molar-refractivity contribution in [2.45, 2.75) is 105 Å². The van der Waals surface area contributed by atoms with E-state index in [0.717, 1.165) is 0 Å². The third kappa shape index (κ3) is 9.83. The van der Waals surface area contributed by atoms with Crippen molar-refractivity contribution in [3.8, 4) is 22.3 Å². The standard InChI is InChI=1S/2C20H26.Ti/c2*1-19(2,3)17-11-7-15(8-12-17)16-9-13-18(14-10-16)20(4,5)6;/h2*7-14H,1-6H3;. The monoisotopic (exact) mass is 580 g/mol. The van der Waals surface area contributed by atoms with Crippen LogP contribution in [0.1, 0.15) is 105 Å². The molecule has 0 aliphatic carbocycles. The molecule has 0 radical (unpaired) electrons. The second-order valence-corrected chi connectivity index (χ2v) is 15.3. The van der Waals surface area contributed by atoms with E-state index in [1.807, 2.05) is 0 Å². The zero-order valence-corrected chi connectivity index (χ0v) is 29.3. The van der Waals surface area contributed by atoms with Crippen LogP contribution >= 0.6 is 0 Å². The summed E-state index contributed by atoms with van der Waals surface area (Å²) >= 11 is 0. The van der Waals surface area contributed by atoms with Crippen LogP contribution in [0.5, 0.6) is 0 Å². The summed E-state index contributed by atoms with van der Waals surface area (Å²) in [6, 6.07) is 35.8. The molecule has 0 N–H and O–H groups in total. The summed E-state index contributed by atoms with van der Waals surface area (Å²) < 4.78 is 0. The Morgan fingerprint density at radius 2 is 0.366 bits per heavy atom. The van der Waals surface area contributed by atoms with Crippen LogP contribution in [-0.2, 0) is 43.4 Å². The van der Waals surface area contributed by atoms with Gasteiger partial charge in [0.15, 0.2) is 0 Å². The van der Waals surface area contributed by atoms with E-state index in [4.69, 9.17) is 0 Å². The van der Waals surface area contributed by atoms with Gasteiger partial charge in [-0.2, -0.15) is 0 Å². The molecule has 0 fully saturated rings. The van der Waals surface area contributed by atoms with Crippen LogP contribution < -0.4 is 0 Å². The molecule has 1 heteroatoms. The summed E-state index contributed by atoms with van der Waals surface area (Å²) in [5.74, 6) is 0. The molecule has 41 heavy (non-hydrogen) atoms. The average Bonchev–Trinajstić information content (AvgIpc) is 2.87. The molecule has 0 aliphatic heterocycles. The van der Waals surface area contributed by atoms with Crippen molar-refractivity contribution in [2.75, 3.05) is 0 Å². The van der Waals surface area contributed by atoms with E-state index in [9.17, 15) is 0 Å². The Balaban J connectivity index is 0.000000280. The maximum Gasteiger partial charge on any atom is 0 e. The molecule has 4 aromatic rings. The van der Waals surface area contributed by atoms with Gasteiger partial charge >= 0.3 is 0 Å². The van der Waals surface area contributed by atoms with Gasteiger partial charge in [-0.3, -0.25) is 0 Å². The Bertz CT molecular complexity index is 1120. The smallest absolute Gasteiger partial charge is 0 e. The molecular formula is C40H52Ti. The maximum absolute atomic E-state index is 2.25. The Morgan fingerprint density at radius 1 is 0.244 bits per heavy atom. The Morgan fingerprint density at radius 3 is 0.463 bits per heavy atom. The summed E-state index contributed by atoms with van der Waals surface area (Å²) in [5, 5.41) is 0. The van der Waals surface area contributed by atoms with Crippen molar-refractivity contribution >= 4 is 0 Å². The number of hydrogen-bond donors (Lipinski definition) is 0. The Labute approximate surface area is 266 Å². The Kier molecular flexibility index (Phi) is 11.3. The Hall–Kier alpha value is -2.41. The molecule has 0 aliphatic rings. The normalized spacial score (nSPS) is 12.2. The molecule has 216 valence electrons. The van der Waals surface area contributed by atoms with Crippen molar-refractivity contribution in [3.63, 3.8) is 0 Å². The summed E-state index contributed by atoms with van der Waals surface area (Å²) in [6.45, 7) is 27.0. The first-order chi connectivity index (χ1) is 18.4. The molecule has 0 bridgehead atoms. The molecule has 0 aromatic heterocycles. The van der Waals surface area contributed by atoms with Gasteiger partial charge in [0.2, 0.25) is 0 Å². The molecule has 0 spiro atoms. The van der Waals surface area contributed by atoms with Gasteiger partial charge in [-0.05, 0) is 66.2 Å². The van der Waals surface area contributed by atoms with Gasteiger partial charge in [0.1, 0.15) is 0 Å². The first kappa shape index (κ1) is 34.8. The van der Waals surface area contributed by atoms with Crippen LogP contribution in [0.15, 0.2) is 97.1 Å². The summed E-state index contributed by atoms with van der Waals surface area (Å²) in [4.78, 5) is 0. The molecule has 4 aromatic carbocycles. The summed E-state index contributed by atoms with van der Waals surface area (Å²) in [7, 11) is 0. The molecule has 0 amide bonds. The maximum atomic E-state index is 2.25. The zero-order chi connectivity index (χ0) is 29.9. The molecule has 0 heterocycles. The number of benzene rings is 4. The van der Waals surface area contributed by atoms with Crippen molar-refractivity contribution < 1.29 is 21.7 Å². The fourth-order valence-corrected chi connectivity index (χ4v) is 4.65. The number of hydrogen-bond acceptors (Lipinski definition) is 0. The van der Waals surface area contributed by atoms with Gasteiger partial charge in [0, 0.05) is 21.7 Å². The van der Waals surface area contributed by atoms with E-state index in [1.54, 1.807) is 0 Å². The minimum absolute atomic E-state index is 0. The minimum Gasteiger partial charge on any atom is -0.0579 e. The molecule has 0 saturated carbocycles. The quantitative estimate of drug-likeness (QED) is 0.207. The minimum atomic E-state index is 0. The molecule has 0 atom stereocenters. The predicted octanol–water partition coefficient (Wildman–Crippen LogP) is 11.9. The second kappa shape index (κ2) is 13.3. The first-order valence-corrected chi connectivity index (χ1v) is 14.8. The van der Waals surface area contributed by atoms with Crippen LogP contribution in [0.3, 0.4) is 0 Å². The largest absolute Gasteiger partial charge is 0.0579 e. The fourth-order valence-electron chi connectivity index (χ4n) is 4.65. The summed E-state index contributed by atoms with van der Waals surface area (Å²) in [6.07, 6.45) is 0. The SMILES string of the molecule is CC(C)(C)c1ccc(-c2ccc(C(C)(C)C)cc2)cc1.CC(C)(C)c1ccc(-c2ccc(C(C)(C)C)cc2)cc1.[Ti]. The van der Waals surface area contributed by atoms with Crippen molar-refractivity contribution in [1.82, 2.24) is 0 Å². The van der Waals surface area contributed by atoms with Gasteiger partial charge < -0.3 is 0 Å². The third-order valence-corrected chi connectivity index (χ3v) is 7.67. The molecule has 0 unspecified atom stereocenters. The van der Waals surface area contributed by atoms with Crippen molar-refractivity contribution in [3.05, 3.63) is 119 Å². The topological polar surface area (TPSA) is 0 Å². The van der Waals surface area contributed by atoms with Crippen LogP contribution in [0.2, 0.25) is 0 Å². The molecular weight excluding hydrogens is 528 g/mol. The van der Waals surface area contributed by atoms with Crippen molar-refractivity contribution in [2.24, 2.45) is 0 Å². The first-order valence-electron chi connectivity index (χ1n) is 14.8. The van der Waals surface area contributed by atoms with Gasteiger partial charge in [0.25, 0.3) is 0 Å². The van der Waals surface area contributed by atoms with Gasteiger partial charge in [-0.25, -0.2) is 0 Å². The van der Waals surface area contributed by atoms with Gasteiger partial charge in [0.05, 0.1) is 0 Å². The second-order valence-electron chi connectivity index (χ2n) is 15.3. The summed E-state index contributed by atoms with van der Waals surface area (Å²) in [5.41, 5.74) is 11.6. The van der Waals surface area contributed by atoms with Crippen LogP contribution in [-0.4, -0.2) is 0 Å². The van der Waals surface area contributed by atoms with E-state index in [-0.39, 0.29) is 43.4 Å². The van der Waals surface area contributed by atoms with Crippen molar-refractivity contribution in [1.29, 1.82) is 0 Å². The van der Waals surface area contributed by atoms with Gasteiger partial charge in [-0.1, -0.05) is 180 Å². The predicted molar refractivity (Wildman–Crippen MR) is 179 cm³/mol. The molecule has 0 nitrogen and oxygen atoms in total. The van der Waals surface area contributed by atoms with E-state index in [2.05, 4.69) is 180 Å². The van der Waals surface area contributed by atoms with Crippen LogP contribution in [0.4, 0.5) is 0 Å². The van der Waals surface area contributed by atoms with Gasteiger partial charge in [-0.15, -0.1) is 0 Å². The van der Waals surface area contributed by atoms with Crippen LogP contribution in [0, 0.1) is 0 Å². The average molecular weight is 581 g/mol. The molecule has 4 rings (SSSR count). The van der Waals surface area contributed by atoms with E-state index in [0.29, 0.717) is 0 Å².